The lowest BCUT2D eigenvalue weighted by Crippen LogP contribution is -2.50. The lowest BCUT2D eigenvalue weighted by molar-refractivity contribution is 0.315. The Balaban J connectivity index is 2.72. The third kappa shape index (κ3) is 4.79. The number of nitrogens with two attached hydrogens (primary N) is 1. The topological polar surface area (TPSA) is 108 Å². The van der Waals surface area contributed by atoms with Crippen LogP contribution in [0.15, 0.2) is 5.16 Å². The molecule has 0 amide bonds. The van der Waals surface area contributed by atoms with Crippen LogP contribution in [-0.4, -0.2) is 41.9 Å². The summed E-state index contributed by atoms with van der Waals surface area (Å²) in [6.45, 7) is 5.60. The van der Waals surface area contributed by atoms with Crippen LogP contribution in [0.3, 0.4) is 0 Å². The summed E-state index contributed by atoms with van der Waals surface area (Å²) < 4.78 is 28.4. The first-order valence-corrected chi connectivity index (χ1v) is 7.37. The Morgan fingerprint density at radius 1 is 1.50 bits per heavy atom. The number of amidine groups is 1. The Kier molecular flexibility index (Phi) is 4.57. The van der Waals surface area contributed by atoms with Crippen molar-refractivity contribution in [3.8, 4) is 0 Å². The fourth-order valence-electron chi connectivity index (χ4n) is 1.58. The van der Waals surface area contributed by atoms with Gasteiger partial charge >= 0.3 is 0 Å². The van der Waals surface area contributed by atoms with Gasteiger partial charge in [0, 0.05) is 24.5 Å². The van der Waals surface area contributed by atoms with E-state index in [0.717, 1.165) is 12.8 Å². The molecule has 0 saturated heterocycles. The van der Waals surface area contributed by atoms with Gasteiger partial charge in [-0.2, -0.15) is 17.4 Å². The van der Waals surface area contributed by atoms with E-state index in [9.17, 15) is 8.42 Å². The number of rotatable bonds is 6. The van der Waals surface area contributed by atoms with Gasteiger partial charge in [-0.3, -0.25) is 0 Å². The summed E-state index contributed by atoms with van der Waals surface area (Å²) in [7, 11) is -3.53. The largest absolute Gasteiger partial charge is 0.409 e. The molecule has 0 radical (unpaired) electrons. The molecule has 7 nitrogen and oxygen atoms in total. The molecule has 0 aromatic carbocycles. The first kappa shape index (κ1) is 15.2. The molecule has 1 rings (SSSR count). The molecule has 1 aliphatic rings. The molecule has 106 valence electrons. The fraction of sp³-hybridized carbons (Fsp3) is 0.900. The van der Waals surface area contributed by atoms with Crippen molar-refractivity contribution in [2.24, 2.45) is 10.9 Å². The molecule has 0 spiro atoms. The molecule has 0 atom stereocenters. The van der Waals surface area contributed by atoms with E-state index in [1.807, 2.05) is 0 Å². The molecular weight excluding hydrogens is 256 g/mol. The number of nitrogens with zero attached hydrogens (tertiary/aromatic N) is 2. The average molecular weight is 278 g/mol. The van der Waals surface area contributed by atoms with E-state index in [1.54, 1.807) is 20.8 Å². The van der Waals surface area contributed by atoms with Crippen molar-refractivity contribution in [2.75, 3.05) is 6.54 Å². The quantitative estimate of drug-likeness (QED) is 0.279. The minimum Gasteiger partial charge on any atom is -0.409 e. The lowest BCUT2D eigenvalue weighted by Gasteiger charge is -2.27. The van der Waals surface area contributed by atoms with E-state index in [4.69, 9.17) is 10.9 Å². The van der Waals surface area contributed by atoms with Gasteiger partial charge < -0.3 is 10.9 Å². The summed E-state index contributed by atoms with van der Waals surface area (Å²) in [5.74, 6) is 0.0339. The van der Waals surface area contributed by atoms with Crippen LogP contribution < -0.4 is 10.5 Å². The Morgan fingerprint density at radius 2 is 2.06 bits per heavy atom. The van der Waals surface area contributed by atoms with Gasteiger partial charge in [0.25, 0.3) is 10.2 Å². The molecule has 0 heterocycles. The predicted octanol–water partition coefficient (Wildman–Crippen LogP) is 0.220. The van der Waals surface area contributed by atoms with Crippen molar-refractivity contribution in [3.05, 3.63) is 0 Å². The standard InChI is InChI=1S/C10H22N4O3S/c1-10(2,3)13-18(16,17)14(8-4-5-8)7-6-9(11)12-15/h8,13,15H,4-7H2,1-3H3,(H2,11,12). The minimum atomic E-state index is -3.53. The van der Waals surface area contributed by atoms with E-state index in [1.165, 1.54) is 4.31 Å². The molecule has 4 N–H and O–H groups in total. The Bertz CT molecular complexity index is 409. The summed E-state index contributed by atoms with van der Waals surface area (Å²) in [5, 5.41) is 11.3. The molecular formula is C10H22N4O3S. The van der Waals surface area contributed by atoms with Gasteiger partial charge in [-0.25, -0.2) is 0 Å². The molecule has 18 heavy (non-hydrogen) atoms. The van der Waals surface area contributed by atoms with E-state index < -0.39 is 15.7 Å². The second-order valence-corrected chi connectivity index (χ2v) is 7.16. The van der Waals surface area contributed by atoms with Crippen LogP contribution in [0.25, 0.3) is 0 Å². The van der Waals surface area contributed by atoms with Crippen LogP contribution in [0.2, 0.25) is 0 Å². The third-order valence-electron chi connectivity index (χ3n) is 2.41. The van der Waals surface area contributed by atoms with Gasteiger partial charge in [0.1, 0.15) is 5.84 Å². The smallest absolute Gasteiger partial charge is 0.280 e. The average Bonchev–Trinajstić information content (AvgIpc) is 2.97. The predicted molar refractivity (Wildman–Crippen MR) is 69.6 cm³/mol. The Morgan fingerprint density at radius 3 is 2.44 bits per heavy atom. The highest BCUT2D eigenvalue weighted by Gasteiger charge is 2.38. The zero-order chi connectivity index (χ0) is 14.0. The summed E-state index contributed by atoms with van der Waals surface area (Å²) in [6.07, 6.45) is 1.94. The van der Waals surface area contributed by atoms with Crippen LogP contribution in [0, 0.1) is 0 Å². The summed E-state index contributed by atoms with van der Waals surface area (Å²) in [5.41, 5.74) is 4.85. The zero-order valence-electron chi connectivity index (χ0n) is 11.0. The number of nitrogens with one attached hydrogen (secondary N) is 1. The van der Waals surface area contributed by atoms with Crippen LogP contribution in [0.5, 0.6) is 0 Å². The van der Waals surface area contributed by atoms with Crippen molar-refractivity contribution in [3.63, 3.8) is 0 Å². The van der Waals surface area contributed by atoms with Crippen LogP contribution in [0.4, 0.5) is 0 Å². The molecule has 0 bridgehead atoms. The summed E-state index contributed by atoms with van der Waals surface area (Å²) >= 11 is 0. The first-order valence-electron chi connectivity index (χ1n) is 5.93. The second kappa shape index (κ2) is 5.41. The molecule has 1 fully saturated rings. The minimum absolute atomic E-state index is 0.0339. The molecule has 1 aliphatic carbocycles. The van der Waals surface area contributed by atoms with Crippen molar-refractivity contribution >= 4 is 16.0 Å². The van der Waals surface area contributed by atoms with Crippen LogP contribution >= 0.6 is 0 Å². The maximum atomic E-state index is 12.2. The fourth-order valence-corrected chi connectivity index (χ4v) is 3.41. The number of hydrogen-bond acceptors (Lipinski definition) is 4. The second-order valence-electron chi connectivity index (χ2n) is 5.54. The highest BCUT2D eigenvalue weighted by atomic mass is 32.2. The van der Waals surface area contributed by atoms with Gasteiger partial charge in [-0.15, -0.1) is 0 Å². The van der Waals surface area contributed by atoms with Gasteiger partial charge in [0.2, 0.25) is 0 Å². The summed E-state index contributed by atoms with van der Waals surface area (Å²) in [6, 6.07) is 0.0383. The maximum Gasteiger partial charge on any atom is 0.280 e. The normalized spacial score (nSPS) is 18.3. The van der Waals surface area contributed by atoms with Gasteiger partial charge in [-0.1, -0.05) is 5.16 Å². The van der Waals surface area contributed by atoms with Crippen LogP contribution in [-0.2, 0) is 10.2 Å². The van der Waals surface area contributed by atoms with Crippen molar-refractivity contribution in [1.29, 1.82) is 0 Å². The molecule has 8 heteroatoms. The van der Waals surface area contributed by atoms with E-state index in [0.29, 0.717) is 0 Å². The molecule has 0 aromatic rings. The van der Waals surface area contributed by atoms with Gasteiger partial charge in [0.15, 0.2) is 0 Å². The number of oxime groups is 1. The van der Waals surface area contributed by atoms with Gasteiger partial charge in [0.05, 0.1) is 0 Å². The van der Waals surface area contributed by atoms with Crippen molar-refractivity contribution < 1.29 is 13.6 Å². The monoisotopic (exact) mass is 278 g/mol. The lowest BCUT2D eigenvalue weighted by atomic mass is 10.1. The molecule has 0 aromatic heterocycles. The summed E-state index contributed by atoms with van der Waals surface area (Å²) in [4.78, 5) is 0. The maximum absolute atomic E-state index is 12.2. The van der Waals surface area contributed by atoms with E-state index in [2.05, 4.69) is 9.88 Å². The molecule has 0 unspecified atom stereocenters. The highest BCUT2D eigenvalue weighted by Crippen LogP contribution is 2.29. The third-order valence-corrected chi connectivity index (χ3v) is 4.38. The number of hydrogen-bond donors (Lipinski definition) is 3. The molecule has 0 aliphatic heterocycles. The van der Waals surface area contributed by atoms with E-state index >= 15 is 0 Å². The first-order chi connectivity index (χ1) is 8.15. The van der Waals surface area contributed by atoms with E-state index in [-0.39, 0.29) is 24.8 Å². The van der Waals surface area contributed by atoms with Crippen molar-refractivity contribution in [1.82, 2.24) is 9.03 Å². The van der Waals surface area contributed by atoms with Crippen molar-refractivity contribution in [2.45, 2.75) is 51.6 Å². The Hall–Kier alpha value is -0.860. The molecule has 1 saturated carbocycles. The SMILES string of the molecule is CC(C)(C)NS(=O)(=O)N(CCC(N)=NO)C1CC1. The van der Waals surface area contributed by atoms with Crippen LogP contribution in [0.1, 0.15) is 40.0 Å². The highest BCUT2D eigenvalue weighted by molar-refractivity contribution is 7.87. The zero-order valence-corrected chi connectivity index (χ0v) is 11.9. The Labute approximate surface area is 108 Å². The van der Waals surface area contributed by atoms with Gasteiger partial charge in [-0.05, 0) is 33.6 Å².